The lowest BCUT2D eigenvalue weighted by Crippen LogP contribution is -2.37. The molecule has 0 saturated heterocycles. The predicted molar refractivity (Wildman–Crippen MR) is 111 cm³/mol. The number of carbonyl (C=O) groups is 1. The van der Waals surface area contributed by atoms with Crippen LogP contribution in [0, 0.1) is 0 Å². The molecular formula is C18H17ClN4O3S2. The highest BCUT2D eigenvalue weighted by Crippen LogP contribution is 2.26. The van der Waals surface area contributed by atoms with Gasteiger partial charge >= 0.3 is 0 Å². The van der Waals surface area contributed by atoms with E-state index in [4.69, 9.17) is 11.6 Å². The maximum Gasteiger partial charge on any atom is 0.241 e. The number of halogens is 1. The van der Waals surface area contributed by atoms with Gasteiger partial charge in [0, 0.05) is 17.1 Å². The predicted octanol–water partition coefficient (Wildman–Crippen LogP) is 3.26. The molecule has 1 amide bonds. The van der Waals surface area contributed by atoms with Crippen LogP contribution in [0.15, 0.2) is 54.6 Å². The number of carbonyl (C=O) groups excluding carboxylic acids is 1. The van der Waals surface area contributed by atoms with Gasteiger partial charge in [0.1, 0.15) is 5.01 Å². The van der Waals surface area contributed by atoms with Crippen LogP contribution in [0.3, 0.4) is 0 Å². The third kappa shape index (κ3) is 5.35. The van der Waals surface area contributed by atoms with E-state index < -0.39 is 15.9 Å². The quantitative estimate of drug-likeness (QED) is 0.613. The summed E-state index contributed by atoms with van der Waals surface area (Å²) in [4.78, 5) is 12.4. The van der Waals surface area contributed by atoms with Gasteiger partial charge < -0.3 is 0 Å². The zero-order chi connectivity index (χ0) is 20.1. The van der Waals surface area contributed by atoms with Crippen LogP contribution in [-0.4, -0.2) is 41.6 Å². The van der Waals surface area contributed by atoms with E-state index in [1.54, 1.807) is 24.3 Å². The number of nitrogens with one attached hydrogen (secondary N) is 1. The van der Waals surface area contributed by atoms with E-state index >= 15 is 0 Å². The van der Waals surface area contributed by atoms with Crippen LogP contribution < -0.4 is 5.32 Å². The lowest BCUT2D eigenvalue weighted by molar-refractivity contribution is -0.116. The number of anilines is 1. The standard InChI is InChI=1S/C18H17ClN4O3S2/c1-28(25,26)23(11-14-9-5-6-10-15(14)19)12-16(24)20-18-22-21-17(27-18)13-7-3-2-4-8-13/h2-10H,11-12H2,1H3,(H,20,22,24). The fourth-order valence-corrected chi connectivity index (χ4v) is 4.08. The Hall–Kier alpha value is -2.33. The number of sulfonamides is 1. The molecular weight excluding hydrogens is 420 g/mol. The van der Waals surface area contributed by atoms with Crippen molar-refractivity contribution in [2.24, 2.45) is 0 Å². The summed E-state index contributed by atoms with van der Waals surface area (Å²) in [6.07, 6.45) is 1.05. The lowest BCUT2D eigenvalue weighted by atomic mass is 10.2. The minimum atomic E-state index is -3.62. The Morgan fingerprint density at radius 3 is 2.46 bits per heavy atom. The van der Waals surface area contributed by atoms with Crippen molar-refractivity contribution in [3.8, 4) is 10.6 Å². The minimum absolute atomic E-state index is 0.00267. The van der Waals surface area contributed by atoms with Gasteiger partial charge in [-0.25, -0.2) is 8.42 Å². The Bertz CT molecular complexity index is 1070. The third-order valence-corrected chi connectivity index (χ3v) is 6.24. The van der Waals surface area contributed by atoms with Crippen molar-refractivity contribution in [1.82, 2.24) is 14.5 Å². The molecule has 0 aliphatic heterocycles. The van der Waals surface area contributed by atoms with E-state index in [0.29, 0.717) is 20.7 Å². The van der Waals surface area contributed by atoms with Gasteiger partial charge in [-0.05, 0) is 11.6 Å². The Morgan fingerprint density at radius 2 is 1.79 bits per heavy atom. The van der Waals surface area contributed by atoms with Gasteiger partial charge in [-0.2, -0.15) is 4.31 Å². The fourth-order valence-electron chi connectivity index (χ4n) is 2.40. The van der Waals surface area contributed by atoms with E-state index in [0.717, 1.165) is 16.1 Å². The van der Waals surface area contributed by atoms with E-state index in [-0.39, 0.29) is 13.1 Å². The number of nitrogens with zero attached hydrogens (tertiary/aromatic N) is 3. The van der Waals surface area contributed by atoms with Gasteiger partial charge in [-0.15, -0.1) is 10.2 Å². The molecule has 3 rings (SSSR count). The summed E-state index contributed by atoms with van der Waals surface area (Å²) in [7, 11) is -3.62. The van der Waals surface area contributed by atoms with Crippen LogP contribution in [0.5, 0.6) is 0 Å². The summed E-state index contributed by atoms with van der Waals surface area (Å²) in [6.45, 7) is -0.360. The van der Waals surface area contributed by atoms with E-state index in [1.807, 2.05) is 30.3 Å². The smallest absolute Gasteiger partial charge is 0.241 e. The van der Waals surface area contributed by atoms with Gasteiger partial charge in [0.05, 0.1) is 12.8 Å². The van der Waals surface area contributed by atoms with E-state index in [1.165, 1.54) is 11.3 Å². The fraction of sp³-hybridized carbons (Fsp3) is 0.167. The molecule has 0 aliphatic rings. The number of aromatic nitrogens is 2. The van der Waals surface area contributed by atoms with Crippen LogP contribution in [0.1, 0.15) is 5.56 Å². The normalized spacial score (nSPS) is 11.5. The van der Waals surface area contributed by atoms with Gasteiger partial charge in [0.15, 0.2) is 0 Å². The summed E-state index contributed by atoms with van der Waals surface area (Å²) < 4.78 is 25.3. The van der Waals surface area contributed by atoms with Crippen LogP contribution in [0.2, 0.25) is 5.02 Å². The number of benzene rings is 2. The number of rotatable bonds is 7. The molecule has 7 nitrogen and oxygen atoms in total. The Kier molecular flexibility index (Phi) is 6.40. The van der Waals surface area contributed by atoms with Crippen molar-refractivity contribution in [1.29, 1.82) is 0 Å². The molecule has 0 bridgehead atoms. The lowest BCUT2D eigenvalue weighted by Gasteiger charge is -2.19. The molecule has 1 N–H and O–H groups in total. The molecule has 1 aromatic heterocycles. The zero-order valence-electron chi connectivity index (χ0n) is 14.9. The summed E-state index contributed by atoms with van der Waals surface area (Å²) in [5, 5.41) is 12.0. The Labute approximate surface area is 172 Å². The first kappa shape index (κ1) is 20.4. The maximum absolute atomic E-state index is 12.4. The molecule has 2 aromatic carbocycles. The van der Waals surface area contributed by atoms with Gasteiger partial charge in [-0.3, -0.25) is 10.1 Å². The van der Waals surface area contributed by atoms with Crippen LogP contribution in [0.25, 0.3) is 10.6 Å². The largest absolute Gasteiger partial charge is 0.299 e. The highest BCUT2D eigenvalue weighted by atomic mass is 35.5. The van der Waals surface area contributed by atoms with Crippen LogP contribution >= 0.6 is 22.9 Å². The average Bonchev–Trinajstić information content (AvgIpc) is 3.11. The van der Waals surface area contributed by atoms with E-state index in [2.05, 4.69) is 15.5 Å². The van der Waals surface area contributed by atoms with Crippen molar-refractivity contribution in [3.05, 3.63) is 65.2 Å². The highest BCUT2D eigenvalue weighted by Gasteiger charge is 2.22. The first-order chi connectivity index (χ1) is 13.3. The minimum Gasteiger partial charge on any atom is -0.299 e. The molecule has 0 saturated carbocycles. The molecule has 0 spiro atoms. The maximum atomic E-state index is 12.4. The molecule has 0 radical (unpaired) electrons. The summed E-state index contributed by atoms with van der Waals surface area (Å²) >= 11 is 7.32. The molecule has 0 atom stereocenters. The van der Waals surface area contributed by atoms with Crippen molar-refractivity contribution in [2.75, 3.05) is 18.1 Å². The average molecular weight is 437 g/mol. The molecule has 28 heavy (non-hydrogen) atoms. The van der Waals surface area contributed by atoms with Crippen molar-refractivity contribution in [3.63, 3.8) is 0 Å². The molecule has 0 unspecified atom stereocenters. The molecule has 10 heteroatoms. The SMILES string of the molecule is CS(=O)(=O)N(CC(=O)Nc1nnc(-c2ccccc2)s1)Cc1ccccc1Cl. The summed E-state index contributed by atoms with van der Waals surface area (Å²) in [5.41, 5.74) is 1.50. The zero-order valence-corrected chi connectivity index (χ0v) is 17.3. The Morgan fingerprint density at radius 1 is 1.11 bits per heavy atom. The first-order valence-electron chi connectivity index (χ1n) is 8.20. The Balaban J connectivity index is 1.69. The van der Waals surface area contributed by atoms with Crippen molar-refractivity contribution >= 4 is 44.0 Å². The molecule has 1 heterocycles. The molecule has 0 fully saturated rings. The van der Waals surface area contributed by atoms with Crippen LogP contribution in [-0.2, 0) is 21.4 Å². The van der Waals surface area contributed by atoms with Gasteiger partial charge in [0.2, 0.25) is 21.1 Å². The van der Waals surface area contributed by atoms with Crippen LogP contribution in [0.4, 0.5) is 5.13 Å². The molecule has 3 aromatic rings. The van der Waals surface area contributed by atoms with Gasteiger partial charge in [0.25, 0.3) is 0 Å². The van der Waals surface area contributed by atoms with Gasteiger partial charge in [-0.1, -0.05) is 71.5 Å². The number of hydrogen-bond acceptors (Lipinski definition) is 6. The van der Waals surface area contributed by atoms with Crippen molar-refractivity contribution in [2.45, 2.75) is 6.54 Å². The van der Waals surface area contributed by atoms with Crippen molar-refractivity contribution < 1.29 is 13.2 Å². The molecule has 0 aliphatic carbocycles. The molecule has 146 valence electrons. The summed E-state index contributed by atoms with van der Waals surface area (Å²) in [6, 6.07) is 16.3. The number of amides is 1. The number of hydrogen-bond donors (Lipinski definition) is 1. The highest BCUT2D eigenvalue weighted by molar-refractivity contribution is 7.88. The first-order valence-corrected chi connectivity index (χ1v) is 11.2. The second-order valence-corrected chi connectivity index (χ2v) is 9.32. The monoisotopic (exact) mass is 436 g/mol. The topological polar surface area (TPSA) is 92.3 Å². The summed E-state index contributed by atoms with van der Waals surface area (Å²) in [5.74, 6) is -0.506. The third-order valence-electron chi connectivity index (χ3n) is 3.79. The van der Waals surface area contributed by atoms with E-state index in [9.17, 15) is 13.2 Å². The second kappa shape index (κ2) is 8.78. The second-order valence-electron chi connectivity index (χ2n) is 5.95.